The topological polar surface area (TPSA) is 42.1 Å². The molecule has 2 N–H and O–H groups in total. The van der Waals surface area contributed by atoms with Gasteiger partial charge in [0, 0.05) is 24.4 Å². The van der Waals surface area contributed by atoms with E-state index in [4.69, 9.17) is 5.73 Å². The van der Waals surface area contributed by atoms with E-state index in [1.54, 1.807) is 0 Å². The van der Waals surface area contributed by atoms with Crippen LogP contribution < -0.4 is 5.73 Å². The molecule has 0 saturated carbocycles. The first-order valence-electron chi connectivity index (χ1n) is 6.61. The highest BCUT2D eigenvalue weighted by Gasteiger charge is 2.12. The Labute approximate surface area is 109 Å². The molecule has 1 atom stereocenters. The molecule has 0 aliphatic carbocycles. The molecule has 1 rings (SSSR count). The molecule has 0 amide bonds. The van der Waals surface area contributed by atoms with E-state index < -0.39 is 0 Å². The van der Waals surface area contributed by atoms with Gasteiger partial charge in [0.2, 0.25) is 0 Å². The van der Waals surface area contributed by atoms with Gasteiger partial charge >= 0.3 is 0 Å². The van der Waals surface area contributed by atoms with Crippen molar-refractivity contribution in [2.24, 2.45) is 0 Å². The van der Waals surface area contributed by atoms with Gasteiger partial charge in [-0.15, -0.1) is 11.3 Å². The number of hydrogen-bond acceptors (Lipinski definition) is 4. The van der Waals surface area contributed by atoms with E-state index in [1.165, 1.54) is 37.1 Å². The molecular formula is C13H25N3S. The standard InChI is InChI=1S/C13H25N3S/c1-4-6-8-16(11(3)5-2)9-7-12-10-17-13(14)15-12/h10-11H,4-9H2,1-3H3,(H2,14,15). The molecule has 1 aromatic rings. The number of hydrogen-bond donors (Lipinski definition) is 1. The van der Waals surface area contributed by atoms with Gasteiger partial charge < -0.3 is 10.6 Å². The first-order valence-corrected chi connectivity index (χ1v) is 7.49. The summed E-state index contributed by atoms with van der Waals surface area (Å²) in [7, 11) is 0. The van der Waals surface area contributed by atoms with Gasteiger partial charge in [-0.25, -0.2) is 4.98 Å². The van der Waals surface area contributed by atoms with E-state index >= 15 is 0 Å². The molecule has 3 nitrogen and oxygen atoms in total. The zero-order valence-electron chi connectivity index (χ0n) is 11.3. The molecule has 1 unspecified atom stereocenters. The van der Waals surface area contributed by atoms with Crippen molar-refractivity contribution in [1.29, 1.82) is 0 Å². The number of nitrogens with zero attached hydrogens (tertiary/aromatic N) is 2. The van der Waals surface area contributed by atoms with Crippen LogP contribution in [0.2, 0.25) is 0 Å². The lowest BCUT2D eigenvalue weighted by Gasteiger charge is -2.28. The molecule has 0 aliphatic heterocycles. The SMILES string of the molecule is CCCCN(CCc1csc(N)n1)C(C)CC. The van der Waals surface area contributed by atoms with Gasteiger partial charge in [0.25, 0.3) is 0 Å². The molecule has 0 spiro atoms. The summed E-state index contributed by atoms with van der Waals surface area (Å²) < 4.78 is 0. The molecule has 4 heteroatoms. The summed E-state index contributed by atoms with van der Waals surface area (Å²) in [6.07, 6.45) is 4.77. The molecule has 0 fully saturated rings. The van der Waals surface area contributed by atoms with Crippen molar-refractivity contribution >= 4 is 16.5 Å². The van der Waals surface area contributed by atoms with Crippen LogP contribution in [0.1, 0.15) is 45.7 Å². The average molecular weight is 255 g/mol. The highest BCUT2D eigenvalue weighted by atomic mass is 32.1. The summed E-state index contributed by atoms with van der Waals surface area (Å²) in [6, 6.07) is 0.664. The first-order chi connectivity index (χ1) is 8.17. The summed E-state index contributed by atoms with van der Waals surface area (Å²) in [5.41, 5.74) is 6.78. The fourth-order valence-corrected chi connectivity index (χ4v) is 2.46. The number of aromatic nitrogens is 1. The van der Waals surface area contributed by atoms with Crippen molar-refractivity contribution < 1.29 is 0 Å². The predicted octanol–water partition coefficient (Wildman–Crippen LogP) is 3.17. The summed E-state index contributed by atoms with van der Waals surface area (Å²) >= 11 is 1.54. The van der Waals surface area contributed by atoms with Crippen LogP contribution in [0.3, 0.4) is 0 Å². The van der Waals surface area contributed by atoms with E-state index in [9.17, 15) is 0 Å². The third kappa shape index (κ3) is 5.04. The van der Waals surface area contributed by atoms with E-state index in [0.29, 0.717) is 11.2 Å². The predicted molar refractivity (Wildman–Crippen MR) is 76.5 cm³/mol. The van der Waals surface area contributed by atoms with Crippen LogP contribution in [0.15, 0.2) is 5.38 Å². The largest absolute Gasteiger partial charge is 0.375 e. The Morgan fingerprint density at radius 2 is 2.18 bits per heavy atom. The number of anilines is 1. The Bertz CT molecular complexity index is 311. The van der Waals surface area contributed by atoms with Crippen molar-refractivity contribution in [2.75, 3.05) is 18.8 Å². The summed E-state index contributed by atoms with van der Waals surface area (Å²) in [6.45, 7) is 9.11. The molecule has 1 heterocycles. The van der Waals surface area contributed by atoms with Crippen LogP contribution in [-0.4, -0.2) is 29.0 Å². The second-order valence-electron chi connectivity index (χ2n) is 4.57. The van der Waals surface area contributed by atoms with Gasteiger partial charge in [0.15, 0.2) is 5.13 Å². The minimum Gasteiger partial charge on any atom is -0.375 e. The van der Waals surface area contributed by atoms with Crippen LogP contribution in [0, 0.1) is 0 Å². The van der Waals surface area contributed by atoms with Crippen LogP contribution in [0.4, 0.5) is 5.13 Å². The molecule has 0 bridgehead atoms. The monoisotopic (exact) mass is 255 g/mol. The molecular weight excluding hydrogens is 230 g/mol. The zero-order chi connectivity index (χ0) is 12.7. The maximum Gasteiger partial charge on any atom is 0.180 e. The van der Waals surface area contributed by atoms with Gasteiger partial charge in [0.05, 0.1) is 5.69 Å². The van der Waals surface area contributed by atoms with E-state index in [0.717, 1.165) is 18.7 Å². The fourth-order valence-electron chi connectivity index (χ4n) is 1.87. The van der Waals surface area contributed by atoms with Gasteiger partial charge in [0.1, 0.15) is 0 Å². The number of nitrogen functional groups attached to an aromatic ring is 1. The van der Waals surface area contributed by atoms with Crippen molar-refractivity contribution in [1.82, 2.24) is 9.88 Å². The zero-order valence-corrected chi connectivity index (χ0v) is 12.1. The first kappa shape index (κ1) is 14.5. The van der Waals surface area contributed by atoms with E-state index in [1.807, 2.05) is 0 Å². The Morgan fingerprint density at radius 3 is 2.71 bits per heavy atom. The third-order valence-electron chi connectivity index (χ3n) is 3.24. The van der Waals surface area contributed by atoms with E-state index in [2.05, 4.69) is 36.0 Å². The molecule has 0 saturated heterocycles. The highest BCUT2D eigenvalue weighted by molar-refractivity contribution is 7.13. The van der Waals surface area contributed by atoms with Crippen molar-refractivity contribution in [3.63, 3.8) is 0 Å². The van der Waals surface area contributed by atoms with Gasteiger partial charge in [-0.3, -0.25) is 0 Å². The lowest BCUT2D eigenvalue weighted by molar-refractivity contribution is 0.203. The van der Waals surface area contributed by atoms with E-state index in [-0.39, 0.29) is 0 Å². The maximum absolute atomic E-state index is 5.64. The second-order valence-corrected chi connectivity index (χ2v) is 5.46. The molecule has 17 heavy (non-hydrogen) atoms. The number of rotatable bonds is 8. The van der Waals surface area contributed by atoms with Gasteiger partial charge in [-0.1, -0.05) is 20.3 Å². The minimum absolute atomic E-state index is 0.664. The molecule has 1 aromatic heterocycles. The van der Waals surface area contributed by atoms with Crippen molar-refractivity contribution in [3.05, 3.63) is 11.1 Å². The van der Waals surface area contributed by atoms with Crippen molar-refractivity contribution in [3.8, 4) is 0 Å². The van der Waals surface area contributed by atoms with Crippen molar-refractivity contribution in [2.45, 2.75) is 52.5 Å². The lowest BCUT2D eigenvalue weighted by Crippen LogP contribution is -2.35. The Hall–Kier alpha value is -0.610. The number of thiazole rings is 1. The summed E-state index contributed by atoms with van der Waals surface area (Å²) in [4.78, 5) is 6.89. The van der Waals surface area contributed by atoms with Crippen LogP contribution >= 0.6 is 11.3 Å². The fraction of sp³-hybridized carbons (Fsp3) is 0.769. The Morgan fingerprint density at radius 1 is 1.41 bits per heavy atom. The smallest absolute Gasteiger partial charge is 0.180 e. The molecule has 98 valence electrons. The maximum atomic E-state index is 5.64. The number of nitrogens with two attached hydrogens (primary N) is 1. The normalized spacial score (nSPS) is 13.2. The van der Waals surface area contributed by atoms with Crippen LogP contribution in [-0.2, 0) is 6.42 Å². The Kier molecular flexibility index (Phi) is 6.52. The molecule has 0 radical (unpaired) electrons. The van der Waals surface area contributed by atoms with Crippen LogP contribution in [0.5, 0.6) is 0 Å². The minimum atomic E-state index is 0.664. The lowest BCUT2D eigenvalue weighted by atomic mass is 10.2. The third-order valence-corrected chi connectivity index (χ3v) is 3.96. The molecule has 0 aliphatic rings. The second kappa shape index (κ2) is 7.67. The quantitative estimate of drug-likeness (QED) is 0.776. The van der Waals surface area contributed by atoms with Gasteiger partial charge in [-0.2, -0.15) is 0 Å². The Balaban J connectivity index is 2.42. The average Bonchev–Trinajstić information content (AvgIpc) is 2.74. The highest BCUT2D eigenvalue weighted by Crippen LogP contribution is 2.13. The van der Waals surface area contributed by atoms with Gasteiger partial charge in [-0.05, 0) is 26.3 Å². The number of unbranched alkanes of at least 4 members (excludes halogenated alkanes) is 1. The molecule has 0 aromatic carbocycles. The summed E-state index contributed by atoms with van der Waals surface area (Å²) in [5.74, 6) is 0. The summed E-state index contributed by atoms with van der Waals surface area (Å²) in [5, 5.41) is 2.76. The van der Waals surface area contributed by atoms with Crippen LogP contribution in [0.25, 0.3) is 0 Å².